The summed E-state index contributed by atoms with van der Waals surface area (Å²) in [4.78, 5) is 32.0. The van der Waals surface area contributed by atoms with E-state index in [4.69, 9.17) is 15.9 Å². The van der Waals surface area contributed by atoms with Crippen LogP contribution in [0.5, 0.6) is 0 Å². The second kappa shape index (κ2) is 9.90. The van der Waals surface area contributed by atoms with Crippen LogP contribution in [0, 0.1) is 5.41 Å². The third-order valence-electron chi connectivity index (χ3n) is 4.90. The molecule has 0 aliphatic carbocycles. The average Bonchev–Trinajstić information content (AvgIpc) is 3.17. The number of rotatable bonds is 9. The molecule has 6 N–H and O–H groups in total. The second-order valence-electron chi connectivity index (χ2n) is 7.04. The van der Waals surface area contributed by atoms with Gasteiger partial charge in [-0.3, -0.25) is 9.98 Å². The van der Waals surface area contributed by atoms with Gasteiger partial charge in [0.2, 0.25) is 0 Å². The summed E-state index contributed by atoms with van der Waals surface area (Å²) in [6.45, 7) is 3.07. The average molecular weight is 425 g/mol. The number of nitrogens with two attached hydrogens (primary N) is 1. The lowest BCUT2D eigenvalue weighted by molar-refractivity contribution is -0.143. The van der Waals surface area contributed by atoms with E-state index in [1.54, 1.807) is 30.5 Å². The van der Waals surface area contributed by atoms with Crippen LogP contribution < -0.4 is 22.1 Å². The highest BCUT2D eigenvalue weighted by Crippen LogP contribution is 2.18. The minimum atomic E-state index is -0.648. The number of aryl methyl sites for hydroxylation is 1. The van der Waals surface area contributed by atoms with Crippen molar-refractivity contribution in [2.75, 3.05) is 20.2 Å². The molecule has 0 bridgehead atoms. The molecule has 0 radical (unpaired) electrons. The summed E-state index contributed by atoms with van der Waals surface area (Å²) in [6, 6.07) is 8.43. The molecule has 10 nitrogen and oxygen atoms in total. The van der Waals surface area contributed by atoms with Crippen molar-refractivity contribution >= 4 is 23.0 Å². The number of fused-ring (bicyclic) bond motifs is 1. The Kier molecular flexibility index (Phi) is 7.03. The Balaban J connectivity index is 1.78. The lowest BCUT2D eigenvalue weighted by atomic mass is 10.1. The van der Waals surface area contributed by atoms with Gasteiger partial charge in [-0.25, -0.2) is 9.59 Å². The van der Waals surface area contributed by atoms with Crippen molar-refractivity contribution < 1.29 is 9.53 Å². The zero-order valence-corrected chi connectivity index (χ0v) is 17.6. The van der Waals surface area contributed by atoms with Gasteiger partial charge in [0.15, 0.2) is 5.96 Å². The molecule has 164 valence electrons. The van der Waals surface area contributed by atoms with Crippen molar-refractivity contribution in [2.24, 2.45) is 5.73 Å². The first-order valence-electron chi connectivity index (χ1n) is 10.0. The third kappa shape index (κ3) is 5.28. The fourth-order valence-corrected chi connectivity index (χ4v) is 3.27. The molecular formula is C21H27N7O3. The molecule has 31 heavy (non-hydrogen) atoms. The van der Waals surface area contributed by atoms with Crippen molar-refractivity contribution in [2.45, 2.75) is 25.8 Å². The summed E-state index contributed by atoms with van der Waals surface area (Å²) in [6.07, 6.45) is 3.25. The number of methoxy groups -OCH3 is 1. The zero-order valence-electron chi connectivity index (χ0n) is 17.6. The first kappa shape index (κ1) is 22.0. The maximum atomic E-state index is 12.5. The minimum absolute atomic E-state index is 0.0893. The molecule has 0 spiro atoms. The lowest BCUT2D eigenvalue weighted by Crippen LogP contribution is -2.34. The van der Waals surface area contributed by atoms with E-state index in [0.717, 1.165) is 17.5 Å². The monoisotopic (exact) mass is 425 g/mol. The Morgan fingerprint density at radius 3 is 2.71 bits per heavy atom. The molecule has 2 aromatic heterocycles. The van der Waals surface area contributed by atoms with Gasteiger partial charge in [0.1, 0.15) is 11.7 Å². The van der Waals surface area contributed by atoms with E-state index >= 15 is 0 Å². The highest BCUT2D eigenvalue weighted by atomic mass is 16.5. The number of aromatic nitrogens is 3. The Morgan fingerprint density at radius 2 is 2.06 bits per heavy atom. The summed E-state index contributed by atoms with van der Waals surface area (Å²) in [7, 11) is 1.34. The van der Waals surface area contributed by atoms with E-state index in [1.165, 1.54) is 11.7 Å². The fourth-order valence-electron chi connectivity index (χ4n) is 3.27. The maximum Gasteiger partial charge on any atom is 0.354 e. The van der Waals surface area contributed by atoms with Crippen LogP contribution in [0.4, 0.5) is 0 Å². The number of carbonyl (C=O) groups excluding carboxylic acids is 1. The molecule has 2 heterocycles. The Hall–Kier alpha value is -3.66. The van der Waals surface area contributed by atoms with Gasteiger partial charge >= 0.3 is 11.7 Å². The van der Waals surface area contributed by atoms with Crippen molar-refractivity contribution in [3.63, 3.8) is 0 Å². The quantitative estimate of drug-likeness (QED) is 0.148. The first-order chi connectivity index (χ1) is 14.9. The molecule has 0 saturated heterocycles. The molecule has 0 aliphatic heterocycles. The third-order valence-corrected chi connectivity index (χ3v) is 4.90. The topological polar surface area (TPSA) is 151 Å². The summed E-state index contributed by atoms with van der Waals surface area (Å²) >= 11 is 0. The summed E-state index contributed by atoms with van der Waals surface area (Å²) in [5.41, 5.74) is 7.82. The number of H-pyrrole nitrogens is 1. The van der Waals surface area contributed by atoms with Gasteiger partial charge < -0.3 is 26.1 Å². The van der Waals surface area contributed by atoms with E-state index in [-0.39, 0.29) is 11.6 Å². The standard InChI is InChI=1S/C21H27N7O3/c1-3-15-11-14-12-28(21(30)27-18(14)26-15)16-7-5-13(6-8-16)17(19(29)31-2)24-9-4-10-25-20(22)23/h5-8,11-12,17,24H,3-4,9-10H2,1-2H3,(H4,22,23,25)(H,26,27,30)/t17-/m1/s1. The Bertz CT molecular complexity index is 1120. The fraction of sp³-hybridized carbons (Fsp3) is 0.333. The van der Waals surface area contributed by atoms with Crippen LogP contribution >= 0.6 is 0 Å². The van der Waals surface area contributed by atoms with E-state index in [1.807, 2.05) is 13.0 Å². The number of aromatic amines is 1. The number of benzene rings is 1. The highest BCUT2D eigenvalue weighted by molar-refractivity contribution is 5.78. The van der Waals surface area contributed by atoms with Gasteiger partial charge in [-0.15, -0.1) is 0 Å². The predicted octanol–water partition coefficient (Wildman–Crippen LogP) is 0.953. The van der Waals surface area contributed by atoms with E-state index in [2.05, 4.69) is 20.6 Å². The molecule has 0 amide bonds. The van der Waals surface area contributed by atoms with Crippen molar-refractivity contribution in [3.05, 3.63) is 58.3 Å². The number of ether oxygens (including phenoxy) is 1. The second-order valence-corrected chi connectivity index (χ2v) is 7.04. The van der Waals surface area contributed by atoms with E-state index in [9.17, 15) is 9.59 Å². The number of guanidine groups is 1. The van der Waals surface area contributed by atoms with E-state index < -0.39 is 12.0 Å². The van der Waals surface area contributed by atoms with Gasteiger partial charge in [-0.2, -0.15) is 4.98 Å². The van der Waals surface area contributed by atoms with Crippen LogP contribution in [0.25, 0.3) is 16.7 Å². The van der Waals surface area contributed by atoms with Gasteiger partial charge in [0.25, 0.3) is 0 Å². The number of esters is 1. The number of carbonyl (C=O) groups is 1. The highest BCUT2D eigenvalue weighted by Gasteiger charge is 2.20. The van der Waals surface area contributed by atoms with Crippen LogP contribution in [0.15, 0.2) is 41.3 Å². The summed E-state index contributed by atoms with van der Waals surface area (Å²) in [5.74, 6) is -0.500. The SMILES string of the molecule is CCc1cc2cn(-c3ccc([C@@H](NCCCNC(=N)N)C(=O)OC)cc3)c(=O)nc2[nH]1. The van der Waals surface area contributed by atoms with E-state index in [0.29, 0.717) is 36.4 Å². The van der Waals surface area contributed by atoms with Gasteiger partial charge in [0.05, 0.1) is 12.8 Å². The van der Waals surface area contributed by atoms with Crippen LogP contribution in [0.3, 0.4) is 0 Å². The number of nitrogens with zero attached hydrogens (tertiary/aromatic N) is 2. The van der Waals surface area contributed by atoms with Gasteiger partial charge in [-0.05, 0) is 43.1 Å². The predicted molar refractivity (Wildman–Crippen MR) is 118 cm³/mol. The summed E-state index contributed by atoms with van der Waals surface area (Å²) < 4.78 is 6.40. The van der Waals surface area contributed by atoms with Crippen molar-refractivity contribution in [3.8, 4) is 5.69 Å². The molecule has 3 aromatic rings. The van der Waals surface area contributed by atoms with Crippen LogP contribution in [-0.4, -0.2) is 46.7 Å². The zero-order chi connectivity index (χ0) is 22.4. The van der Waals surface area contributed by atoms with Crippen molar-refractivity contribution in [1.82, 2.24) is 25.2 Å². The molecule has 0 unspecified atom stereocenters. The normalized spacial score (nSPS) is 11.9. The number of nitrogens with one attached hydrogen (secondary N) is 4. The van der Waals surface area contributed by atoms with Crippen LogP contribution in [0.1, 0.15) is 30.6 Å². The minimum Gasteiger partial charge on any atom is -0.468 e. The molecular weight excluding hydrogens is 398 g/mol. The largest absolute Gasteiger partial charge is 0.468 e. The maximum absolute atomic E-state index is 12.5. The Morgan fingerprint density at radius 1 is 1.32 bits per heavy atom. The molecule has 3 rings (SSSR count). The molecule has 0 aliphatic rings. The van der Waals surface area contributed by atoms with Crippen LogP contribution in [0.2, 0.25) is 0 Å². The lowest BCUT2D eigenvalue weighted by Gasteiger charge is -2.17. The summed E-state index contributed by atoms with van der Waals surface area (Å²) in [5, 5.41) is 13.9. The molecule has 1 aromatic carbocycles. The molecule has 1 atom stereocenters. The molecule has 0 fully saturated rings. The first-order valence-corrected chi connectivity index (χ1v) is 10.0. The Labute approximate surface area is 179 Å². The van der Waals surface area contributed by atoms with Gasteiger partial charge in [0, 0.05) is 23.8 Å². The molecule has 0 saturated carbocycles. The van der Waals surface area contributed by atoms with Gasteiger partial charge in [-0.1, -0.05) is 19.1 Å². The number of hydrogen-bond acceptors (Lipinski definition) is 6. The number of hydrogen-bond donors (Lipinski definition) is 5. The van der Waals surface area contributed by atoms with Crippen molar-refractivity contribution in [1.29, 1.82) is 5.41 Å². The smallest absolute Gasteiger partial charge is 0.354 e. The molecule has 10 heteroatoms. The van der Waals surface area contributed by atoms with Crippen LogP contribution in [-0.2, 0) is 16.0 Å².